The Morgan fingerprint density at radius 3 is 2.39 bits per heavy atom. The molecule has 0 spiro atoms. The number of hydrogen-bond donors (Lipinski definition) is 4. The second-order valence-electron chi connectivity index (χ2n) is 5.92. The van der Waals surface area contributed by atoms with E-state index in [0.29, 0.717) is 25.1 Å². The highest BCUT2D eigenvalue weighted by Crippen LogP contribution is 2.21. The van der Waals surface area contributed by atoms with E-state index >= 15 is 0 Å². The summed E-state index contributed by atoms with van der Waals surface area (Å²) in [6, 6.07) is 0. The first-order chi connectivity index (χ1) is 10.7. The third-order valence-electron chi connectivity index (χ3n) is 3.13. The molecule has 0 aliphatic heterocycles. The van der Waals surface area contributed by atoms with Gasteiger partial charge in [0.15, 0.2) is 0 Å². The number of thiol groups is 1. The van der Waals surface area contributed by atoms with Gasteiger partial charge in [0.05, 0.1) is 6.61 Å². The van der Waals surface area contributed by atoms with Crippen molar-refractivity contribution >= 4 is 30.4 Å². The second kappa shape index (κ2) is 11.3. The van der Waals surface area contributed by atoms with E-state index in [4.69, 9.17) is 4.74 Å². The van der Waals surface area contributed by atoms with Crippen molar-refractivity contribution in [2.24, 2.45) is 5.41 Å². The van der Waals surface area contributed by atoms with Crippen LogP contribution in [-0.2, 0) is 19.1 Å². The highest BCUT2D eigenvalue weighted by molar-refractivity contribution is 7.80. The first-order valence-electron chi connectivity index (χ1n) is 7.73. The molecule has 0 aromatic heterocycles. The normalized spacial score (nSPS) is 12.4. The summed E-state index contributed by atoms with van der Waals surface area (Å²) in [6.45, 7) is 5.67. The fraction of sp³-hybridized carbons (Fsp3) is 0.800. The third-order valence-corrected chi connectivity index (χ3v) is 3.36. The van der Waals surface area contributed by atoms with E-state index in [9.17, 15) is 19.5 Å². The number of esters is 1. The summed E-state index contributed by atoms with van der Waals surface area (Å²) >= 11 is 3.97. The van der Waals surface area contributed by atoms with Crippen molar-refractivity contribution in [2.75, 3.05) is 25.4 Å². The first kappa shape index (κ1) is 21.7. The predicted octanol–water partition coefficient (Wildman–Crippen LogP) is 0.269. The smallest absolute Gasteiger partial charge is 0.305 e. The zero-order valence-electron chi connectivity index (χ0n) is 14.1. The van der Waals surface area contributed by atoms with Crippen molar-refractivity contribution in [1.29, 1.82) is 0 Å². The van der Waals surface area contributed by atoms with Gasteiger partial charge in [0.2, 0.25) is 11.8 Å². The summed E-state index contributed by atoms with van der Waals surface area (Å²) in [7, 11) is 0. The van der Waals surface area contributed by atoms with E-state index in [-0.39, 0.29) is 31.4 Å². The summed E-state index contributed by atoms with van der Waals surface area (Å²) in [5.41, 5.74) is -0.915. The Labute approximate surface area is 142 Å². The van der Waals surface area contributed by atoms with Gasteiger partial charge in [0, 0.05) is 37.1 Å². The van der Waals surface area contributed by atoms with E-state index in [0.717, 1.165) is 0 Å². The lowest BCUT2D eigenvalue weighted by Gasteiger charge is -2.29. The number of hydrogen-bond acceptors (Lipinski definition) is 6. The number of carbonyl (C=O) groups excluding carboxylic acids is 3. The molecule has 0 bridgehead atoms. The molecular weight excluding hydrogens is 320 g/mol. The number of rotatable bonds is 11. The number of nitrogens with one attached hydrogen (secondary N) is 2. The van der Waals surface area contributed by atoms with Gasteiger partial charge in [-0.05, 0) is 6.42 Å². The van der Waals surface area contributed by atoms with Crippen molar-refractivity contribution in [2.45, 2.75) is 46.1 Å². The molecule has 0 aromatic carbocycles. The topological polar surface area (TPSA) is 105 Å². The van der Waals surface area contributed by atoms with E-state index in [1.807, 2.05) is 6.92 Å². The van der Waals surface area contributed by atoms with E-state index in [1.54, 1.807) is 13.8 Å². The third kappa shape index (κ3) is 9.45. The number of carbonyl (C=O) groups is 3. The van der Waals surface area contributed by atoms with Crippen LogP contribution in [0.5, 0.6) is 0 Å². The molecule has 0 aliphatic carbocycles. The molecule has 0 aliphatic rings. The standard InChI is InChI=1S/C15H28N2O5S/c1-4-5-12(19)22-10-15(2,3)13(20)14(21)17-7-6-11(18)16-8-9-23/h13,20,23H,4-10H2,1-3H3,(H,16,18)(H,17,21). The fourth-order valence-electron chi connectivity index (χ4n) is 1.66. The van der Waals surface area contributed by atoms with Crippen LogP contribution in [0.4, 0.5) is 0 Å². The van der Waals surface area contributed by atoms with E-state index in [1.165, 1.54) is 0 Å². The van der Waals surface area contributed by atoms with Crippen LogP contribution >= 0.6 is 12.6 Å². The maximum atomic E-state index is 11.9. The molecule has 0 fully saturated rings. The van der Waals surface area contributed by atoms with Gasteiger partial charge >= 0.3 is 5.97 Å². The zero-order chi connectivity index (χ0) is 17.9. The second-order valence-corrected chi connectivity index (χ2v) is 6.36. The summed E-state index contributed by atoms with van der Waals surface area (Å²) in [5.74, 6) is -0.596. The summed E-state index contributed by atoms with van der Waals surface area (Å²) in [5, 5.41) is 15.2. The quantitative estimate of drug-likeness (QED) is 0.317. The lowest BCUT2D eigenvalue weighted by Crippen LogP contribution is -2.47. The van der Waals surface area contributed by atoms with E-state index in [2.05, 4.69) is 23.3 Å². The largest absolute Gasteiger partial charge is 0.465 e. The molecule has 134 valence electrons. The predicted molar refractivity (Wildman–Crippen MR) is 90.1 cm³/mol. The van der Waals surface area contributed by atoms with Crippen LogP contribution in [0.3, 0.4) is 0 Å². The summed E-state index contributed by atoms with van der Waals surface area (Å²) in [4.78, 5) is 34.6. The van der Waals surface area contributed by atoms with Crippen molar-refractivity contribution in [3.63, 3.8) is 0 Å². The Hall–Kier alpha value is -1.28. The van der Waals surface area contributed by atoms with Crippen molar-refractivity contribution in [3.8, 4) is 0 Å². The Morgan fingerprint density at radius 1 is 1.17 bits per heavy atom. The van der Waals surface area contributed by atoms with Crippen LogP contribution in [0, 0.1) is 5.41 Å². The minimum atomic E-state index is -1.34. The SMILES string of the molecule is CCCC(=O)OCC(C)(C)C(O)C(=O)NCCC(=O)NCCS. The van der Waals surface area contributed by atoms with Gasteiger partial charge in [0.25, 0.3) is 0 Å². The molecule has 2 amide bonds. The highest BCUT2D eigenvalue weighted by atomic mass is 32.1. The molecule has 8 heteroatoms. The molecule has 0 aromatic rings. The minimum absolute atomic E-state index is 0.0527. The van der Waals surface area contributed by atoms with Crippen LogP contribution < -0.4 is 10.6 Å². The van der Waals surface area contributed by atoms with Crippen LogP contribution in [0.2, 0.25) is 0 Å². The minimum Gasteiger partial charge on any atom is -0.465 e. The van der Waals surface area contributed by atoms with Gasteiger partial charge in [-0.2, -0.15) is 12.6 Å². The lowest BCUT2D eigenvalue weighted by atomic mass is 9.87. The summed E-state index contributed by atoms with van der Waals surface area (Å²) in [6.07, 6.45) is -0.229. The van der Waals surface area contributed by atoms with E-state index < -0.39 is 17.4 Å². The van der Waals surface area contributed by atoms with Gasteiger partial charge in [-0.1, -0.05) is 20.8 Å². The van der Waals surface area contributed by atoms with Crippen LogP contribution in [0.1, 0.15) is 40.0 Å². The molecule has 7 nitrogen and oxygen atoms in total. The van der Waals surface area contributed by atoms with Gasteiger partial charge in [0.1, 0.15) is 6.10 Å². The molecule has 0 radical (unpaired) electrons. The molecule has 0 rings (SSSR count). The Bertz CT molecular complexity index is 401. The molecule has 1 atom stereocenters. The molecule has 23 heavy (non-hydrogen) atoms. The van der Waals surface area contributed by atoms with Crippen LogP contribution in [0.25, 0.3) is 0 Å². The van der Waals surface area contributed by atoms with Gasteiger partial charge in [-0.3, -0.25) is 14.4 Å². The molecular formula is C15H28N2O5S. The number of ether oxygens (including phenoxy) is 1. The first-order valence-corrected chi connectivity index (χ1v) is 8.36. The highest BCUT2D eigenvalue weighted by Gasteiger charge is 2.34. The maximum absolute atomic E-state index is 11.9. The van der Waals surface area contributed by atoms with Gasteiger partial charge in [-0.25, -0.2) is 0 Å². The molecule has 1 unspecified atom stereocenters. The van der Waals surface area contributed by atoms with Crippen LogP contribution in [0.15, 0.2) is 0 Å². The number of aliphatic hydroxyl groups is 1. The summed E-state index contributed by atoms with van der Waals surface area (Å²) < 4.78 is 5.06. The van der Waals surface area contributed by atoms with Crippen LogP contribution in [-0.4, -0.2) is 54.4 Å². The number of amides is 2. The average Bonchev–Trinajstić information content (AvgIpc) is 2.50. The molecule has 3 N–H and O–H groups in total. The molecule has 0 heterocycles. The Kier molecular flexibility index (Phi) is 10.7. The Morgan fingerprint density at radius 2 is 1.83 bits per heavy atom. The Balaban J connectivity index is 4.19. The van der Waals surface area contributed by atoms with Crippen molar-refractivity contribution in [3.05, 3.63) is 0 Å². The lowest BCUT2D eigenvalue weighted by molar-refractivity contribution is -0.153. The maximum Gasteiger partial charge on any atom is 0.305 e. The van der Waals surface area contributed by atoms with Gasteiger partial charge in [-0.15, -0.1) is 0 Å². The van der Waals surface area contributed by atoms with Crippen molar-refractivity contribution in [1.82, 2.24) is 10.6 Å². The zero-order valence-corrected chi connectivity index (χ0v) is 14.9. The van der Waals surface area contributed by atoms with Crippen molar-refractivity contribution < 1.29 is 24.2 Å². The number of aliphatic hydroxyl groups excluding tert-OH is 1. The average molecular weight is 348 g/mol. The monoisotopic (exact) mass is 348 g/mol. The molecule has 0 saturated carbocycles. The van der Waals surface area contributed by atoms with Gasteiger partial charge < -0.3 is 20.5 Å². The molecule has 0 saturated heterocycles. The fourth-order valence-corrected chi connectivity index (χ4v) is 1.77.